The SMILES string of the molecule is C#COCCC(=O)C(N)=CC(=N)c1cccc(F)c1. The number of ether oxygens (including phenoxy) is 1. The zero-order valence-electron chi connectivity index (χ0n) is 10.2. The normalized spacial score (nSPS) is 10.6. The molecule has 1 aromatic carbocycles. The molecule has 1 rings (SSSR count). The minimum Gasteiger partial charge on any atom is -0.446 e. The Kier molecular flexibility index (Phi) is 5.30. The van der Waals surface area contributed by atoms with Crippen LogP contribution >= 0.6 is 0 Å². The van der Waals surface area contributed by atoms with Crippen molar-refractivity contribution in [2.24, 2.45) is 5.73 Å². The Morgan fingerprint density at radius 3 is 2.95 bits per heavy atom. The van der Waals surface area contributed by atoms with Crippen LogP contribution in [-0.2, 0) is 9.53 Å². The highest BCUT2D eigenvalue weighted by atomic mass is 19.1. The van der Waals surface area contributed by atoms with Crippen molar-refractivity contribution < 1.29 is 13.9 Å². The fourth-order valence-corrected chi connectivity index (χ4v) is 1.32. The van der Waals surface area contributed by atoms with Crippen LogP contribution in [0.15, 0.2) is 36.0 Å². The smallest absolute Gasteiger partial charge is 0.181 e. The van der Waals surface area contributed by atoms with Crippen LogP contribution in [0.5, 0.6) is 0 Å². The van der Waals surface area contributed by atoms with E-state index in [4.69, 9.17) is 17.6 Å². The Morgan fingerprint density at radius 2 is 2.32 bits per heavy atom. The summed E-state index contributed by atoms with van der Waals surface area (Å²) in [4.78, 5) is 11.5. The summed E-state index contributed by atoms with van der Waals surface area (Å²) in [6.07, 6.45) is 8.02. The van der Waals surface area contributed by atoms with Crippen molar-refractivity contribution in [1.29, 1.82) is 5.41 Å². The van der Waals surface area contributed by atoms with Crippen LogP contribution in [0.2, 0.25) is 0 Å². The van der Waals surface area contributed by atoms with Gasteiger partial charge in [0.25, 0.3) is 0 Å². The van der Waals surface area contributed by atoms with Gasteiger partial charge in [0.2, 0.25) is 0 Å². The molecule has 0 heterocycles. The largest absolute Gasteiger partial charge is 0.446 e. The lowest BCUT2D eigenvalue weighted by Crippen LogP contribution is -2.15. The zero-order valence-corrected chi connectivity index (χ0v) is 10.2. The number of nitrogens with two attached hydrogens (primary N) is 1. The summed E-state index contributed by atoms with van der Waals surface area (Å²) in [7, 11) is 0. The van der Waals surface area contributed by atoms with E-state index < -0.39 is 5.82 Å². The maximum absolute atomic E-state index is 13.0. The summed E-state index contributed by atoms with van der Waals surface area (Å²) >= 11 is 0. The number of rotatable bonds is 6. The molecule has 0 saturated heterocycles. The standard InChI is InChI=1S/C14H13FN2O2/c1-2-19-7-6-14(18)13(17)9-12(16)10-4-3-5-11(15)8-10/h1,3-5,8-9,16H,6-7,17H2. The third-order valence-electron chi connectivity index (χ3n) is 2.27. The van der Waals surface area contributed by atoms with Crippen molar-refractivity contribution >= 4 is 11.5 Å². The second kappa shape index (κ2) is 6.97. The first kappa shape index (κ1) is 14.5. The number of hydrogen-bond acceptors (Lipinski definition) is 4. The first-order valence-electron chi connectivity index (χ1n) is 5.47. The molecule has 0 aliphatic heterocycles. The predicted octanol–water partition coefficient (Wildman–Crippen LogP) is 1.60. The number of terminal acetylenes is 1. The third kappa shape index (κ3) is 4.64. The number of allylic oxidation sites excluding steroid dienone is 2. The van der Waals surface area contributed by atoms with Crippen LogP contribution in [0.1, 0.15) is 12.0 Å². The Balaban J connectivity index is 2.71. The molecule has 0 aliphatic carbocycles. The molecule has 4 nitrogen and oxygen atoms in total. The summed E-state index contributed by atoms with van der Waals surface area (Å²) in [5.74, 6) is -0.834. The van der Waals surface area contributed by atoms with E-state index in [-0.39, 0.29) is 30.2 Å². The number of carbonyl (C=O) groups excluding carboxylic acids is 1. The van der Waals surface area contributed by atoms with Crippen LogP contribution in [0.3, 0.4) is 0 Å². The number of nitrogens with one attached hydrogen (secondary N) is 1. The molecule has 0 amide bonds. The molecule has 0 bridgehead atoms. The summed E-state index contributed by atoms with van der Waals surface area (Å²) in [6.45, 7) is 0.0666. The van der Waals surface area contributed by atoms with Gasteiger partial charge in [0, 0.05) is 12.0 Å². The van der Waals surface area contributed by atoms with Crippen LogP contribution in [0.4, 0.5) is 4.39 Å². The molecule has 19 heavy (non-hydrogen) atoms. The lowest BCUT2D eigenvalue weighted by atomic mass is 10.1. The van der Waals surface area contributed by atoms with Gasteiger partial charge in [0.1, 0.15) is 18.5 Å². The Bertz CT molecular complexity index is 559. The molecule has 0 unspecified atom stereocenters. The van der Waals surface area contributed by atoms with Gasteiger partial charge < -0.3 is 15.9 Å². The second-order valence-corrected chi connectivity index (χ2v) is 3.66. The second-order valence-electron chi connectivity index (χ2n) is 3.66. The van der Waals surface area contributed by atoms with Crippen LogP contribution < -0.4 is 5.73 Å². The molecular weight excluding hydrogens is 247 g/mol. The number of halogens is 1. The fourth-order valence-electron chi connectivity index (χ4n) is 1.32. The zero-order chi connectivity index (χ0) is 14.3. The van der Waals surface area contributed by atoms with Gasteiger partial charge >= 0.3 is 0 Å². The summed E-state index contributed by atoms with van der Waals surface area (Å²) < 4.78 is 17.6. The monoisotopic (exact) mass is 260 g/mol. The topological polar surface area (TPSA) is 76.2 Å². The average Bonchev–Trinajstić information content (AvgIpc) is 2.38. The van der Waals surface area contributed by atoms with E-state index in [0.717, 1.165) is 0 Å². The first-order valence-corrected chi connectivity index (χ1v) is 5.47. The molecule has 0 spiro atoms. The van der Waals surface area contributed by atoms with Gasteiger partial charge in [-0.25, -0.2) is 4.39 Å². The molecule has 98 valence electrons. The van der Waals surface area contributed by atoms with E-state index >= 15 is 0 Å². The number of benzene rings is 1. The fraction of sp³-hybridized carbons (Fsp3) is 0.143. The van der Waals surface area contributed by atoms with Gasteiger partial charge in [-0.1, -0.05) is 18.6 Å². The van der Waals surface area contributed by atoms with E-state index in [0.29, 0.717) is 5.56 Å². The number of ketones is 1. The van der Waals surface area contributed by atoms with Crippen molar-refractivity contribution in [2.75, 3.05) is 6.61 Å². The molecule has 5 heteroatoms. The molecule has 0 atom stereocenters. The summed E-state index contributed by atoms with van der Waals surface area (Å²) in [5.41, 5.74) is 5.76. The average molecular weight is 260 g/mol. The molecule has 0 aromatic heterocycles. The number of hydrogen-bond donors (Lipinski definition) is 2. The summed E-state index contributed by atoms with van der Waals surface area (Å²) in [5, 5.41) is 7.72. The van der Waals surface area contributed by atoms with Crippen molar-refractivity contribution in [3.63, 3.8) is 0 Å². The Hall–Kier alpha value is -2.61. The van der Waals surface area contributed by atoms with E-state index in [9.17, 15) is 9.18 Å². The maximum atomic E-state index is 13.0. The highest BCUT2D eigenvalue weighted by Crippen LogP contribution is 2.06. The quantitative estimate of drug-likeness (QED) is 0.353. The molecule has 0 fully saturated rings. The van der Waals surface area contributed by atoms with E-state index in [1.54, 1.807) is 6.07 Å². The van der Waals surface area contributed by atoms with E-state index in [1.165, 1.54) is 24.3 Å². The van der Waals surface area contributed by atoms with Crippen molar-refractivity contribution in [2.45, 2.75) is 6.42 Å². The minimum absolute atomic E-state index is 0.0307. The molecule has 0 saturated carbocycles. The lowest BCUT2D eigenvalue weighted by Gasteiger charge is -2.02. The van der Waals surface area contributed by atoms with Gasteiger partial charge in [-0.3, -0.25) is 4.79 Å². The molecule has 1 aromatic rings. The lowest BCUT2D eigenvalue weighted by molar-refractivity contribution is -0.116. The van der Waals surface area contributed by atoms with Crippen molar-refractivity contribution in [1.82, 2.24) is 0 Å². The molecular formula is C14H13FN2O2. The van der Waals surface area contributed by atoms with Gasteiger partial charge in [-0.15, -0.1) is 0 Å². The van der Waals surface area contributed by atoms with Gasteiger partial charge in [-0.2, -0.15) is 0 Å². The summed E-state index contributed by atoms with van der Waals surface area (Å²) in [6, 6.07) is 5.50. The predicted molar refractivity (Wildman–Crippen MR) is 69.9 cm³/mol. The molecule has 0 radical (unpaired) electrons. The minimum atomic E-state index is -0.456. The van der Waals surface area contributed by atoms with Crippen LogP contribution in [0.25, 0.3) is 0 Å². The maximum Gasteiger partial charge on any atom is 0.181 e. The van der Waals surface area contributed by atoms with Gasteiger partial charge in [0.05, 0.1) is 11.4 Å². The molecule has 0 aliphatic rings. The first-order chi connectivity index (χ1) is 9.04. The highest BCUT2D eigenvalue weighted by Gasteiger charge is 2.08. The Labute approximate surface area is 110 Å². The number of Topliss-reactive ketones (excluding diaryl/α,β-unsaturated/α-hetero) is 1. The highest BCUT2D eigenvalue weighted by molar-refractivity contribution is 6.11. The van der Waals surface area contributed by atoms with Crippen molar-refractivity contribution in [3.05, 3.63) is 47.4 Å². The van der Waals surface area contributed by atoms with E-state index in [1.807, 2.05) is 6.11 Å². The van der Waals surface area contributed by atoms with Crippen LogP contribution in [0, 0.1) is 23.8 Å². The van der Waals surface area contributed by atoms with Gasteiger partial charge in [0.15, 0.2) is 5.78 Å². The van der Waals surface area contributed by atoms with Crippen LogP contribution in [-0.4, -0.2) is 18.1 Å². The van der Waals surface area contributed by atoms with Gasteiger partial charge in [-0.05, 0) is 18.2 Å². The van der Waals surface area contributed by atoms with E-state index in [2.05, 4.69) is 4.74 Å². The van der Waals surface area contributed by atoms with Crippen molar-refractivity contribution in [3.8, 4) is 12.5 Å². The number of carbonyl (C=O) groups is 1. The Morgan fingerprint density at radius 1 is 1.58 bits per heavy atom. The third-order valence-corrected chi connectivity index (χ3v) is 2.27. The molecule has 3 N–H and O–H groups in total.